The summed E-state index contributed by atoms with van der Waals surface area (Å²) in [7, 11) is 0. The molecule has 12 heavy (non-hydrogen) atoms. The van der Waals surface area contributed by atoms with Gasteiger partial charge in [-0.15, -0.1) is 11.8 Å². The summed E-state index contributed by atoms with van der Waals surface area (Å²) >= 11 is 5.22. The zero-order valence-corrected chi connectivity index (χ0v) is 9.41. The zero-order valence-electron chi connectivity index (χ0n) is 7.01. The number of benzene rings is 1. The van der Waals surface area contributed by atoms with E-state index in [1.165, 1.54) is 4.90 Å². The van der Waals surface area contributed by atoms with Crippen LogP contribution in [0, 0.1) is 0 Å². The van der Waals surface area contributed by atoms with Crippen molar-refractivity contribution in [3.63, 3.8) is 0 Å². The van der Waals surface area contributed by atoms with Crippen molar-refractivity contribution in [2.75, 3.05) is 12.4 Å². The molecule has 0 amide bonds. The number of hydrogen-bond donors (Lipinski definition) is 1. The van der Waals surface area contributed by atoms with Gasteiger partial charge in [0.2, 0.25) is 0 Å². The summed E-state index contributed by atoms with van der Waals surface area (Å²) in [5.41, 5.74) is 0. The molecule has 0 atom stereocenters. The molecule has 1 nitrogen and oxygen atoms in total. The van der Waals surface area contributed by atoms with E-state index in [1.54, 1.807) is 0 Å². The Morgan fingerprint density at radius 2 is 2.00 bits per heavy atom. The van der Waals surface area contributed by atoms with Crippen LogP contribution < -0.4 is 5.32 Å². The van der Waals surface area contributed by atoms with E-state index in [0.29, 0.717) is 0 Å². The summed E-state index contributed by atoms with van der Waals surface area (Å²) in [4.78, 5) is 1.30. The molecule has 1 aromatic rings. The van der Waals surface area contributed by atoms with Gasteiger partial charge in [-0.2, -0.15) is 0 Å². The molecular formula is C9H12BrNS. The fourth-order valence-corrected chi connectivity index (χ4v) is 1.83. The van der Waals surface area contributed by atoms with Gasteiger partial charge in [-0.1, -0.05) is 22.9 Å². The Labute approximate surface area is 86.1 Å². The minimum Gasteiger partial charge on any atom is -0.308 e. The van der Waals surface area contributed by atoms with Crippen LogP contribution in [0.2, 0.25) is 0 Å². The molecule has 0 unspecified atom stereocenters. The Morgan fingerprint density at radius 3 is 2.58 bits per heavy atom. The number of rotatable bonds is 4. The third-order valence-corrected chi connectivity index (χ3v) is 2.89. The summed E-state index contributed by atoms with van der Waals surface area (Å²) in [5.74, 6) is 0.984. The van der Waals surface area contributed by atoms with E-state index >= 15 is 0 Å². The molecule has 3 heteroatoms. The van der Waals surface area contributed by atoms with Crippen molar-refractivity contribution in [3.05, 3.63) is 28.7 Å². The minimum absolute atomic E-state index is 0.984. The monoisotopic (exact) mass is 245 g/mol. The van der Waals surface area contributed by atoms with Gasteiger partial charge in [0, 0.05) is 15.2 Å². The van der Waals surface area contributed by atoms with Crippen LogP contribution in [0.25, 0.3) is 0 Å². The molecule has 0 aliphatic rings. The van der Waals surface area contributed by atoms with E-state index in [1.807, 2.05) is 11.8 Å². The number of thioether (sulfide) groups is 1. The van der Waals surface area contributed by atoms with Crippen LogP contribution in [0.15, 0.2) is 33.6 Å². The molecule has 0 spiro atoms. The summed E-state index contributed by atoms with van der Waals surface area (Å²) in [5, 5.41) is 3.26. The van der Waals surface area contributed by atoms with Crippen molar-refractivity contribution in [2.24, 2.45) is 0 Å². The predicted octanol–water partition coefficient (Wildman–Crippen LogP) is 3.11. The van der Waals surface area contributed by atoms with Gasteiger partial charge >= 0.3 is 0 Å². The highest BCUT2D eigenvalue weighted by Gasteiger charge is 1.91. The first kappa shape index (κ1) is 10.1. The van der Waals surface area contributed by atoms with E-state index in [9.17, 15) is 0 Å². The van der Waals surface area contributed by atoms with Crippen molar-refractivity contribution >= 4 is 27.7 Å². The van der Waals surface area contributed by atoms with E-state index in [2.05, 4.69) is 52.4 Å². The van der Waals surface area contributed by atoms with Gasteiger partial charge in [-0.05, 0) is 30.8 Å². The van der Waals surface area contributed by atoms with Crippen LogP contribution in [0.3, 0.4) is 0 Å². The van der Waals surface area contributed by atoms with Crippen LogP contribution >= 0.6 is 27.7 Å². The van der Waals surface area contributed by atoms with Crippen molar-refractivity contribution in [2.45, 2.75) is 11.8 Å². The summed E-state index contributed by atoms with van der Waals surface area (Å²) in [6, 6.07) is 8.36. The molecule has 0 aliphatic heterocycles. The molecule has 0 bridgehead atoms. The number of hydrogen-bond acceptors (Lipinski definition) is 2. The lowest BCUT2D eigenvalue weighted by Crippen LogP contribution is -2.10. The molecule has 0 aliphatic carbocycles. The molecule has 0 heterocycles. The van der Waals surface area contributed by atoms with Crippen molar-refractivity contribution in [3.8, 4) is 0 Å². The topological polar surface area (TPSA) is 12.0 Å². The molecule has 1 N–H and O–H groups in total. The summed E-state index contributed by atoms with van der Waals surface area (Å²) in [6.07, 6.45) is 0. The van der Waals surface area contributed by atoms with Crippen LogP contribution in [0.4, 0.5) is 0 Å². The van der Waals surface area contributed by atoms with Gasteiger partial charge in [0.1, 0.15) is 0 Å². The SMILES string of the molecule is CCNCSc1ccc(Br)cc1. The van der Waals surface area contributed by atoms with Crippen LogP contribution in [-0.2, 0) is 0 Å². The lowest BCUT2D eigenvalue weighted by atomic mass is 10.4. The average Bonchev–Trinajstić information content (AvgIpc) is 2.09. The van der Waals surface area contributed by atoms with Gasteiger partial charge in [0.05, 0.1) is 0 Å². The Kier molecular flexibility index (Phi) is 4.73. The van der Waals surface area contributed by atoms with E-state index in [4.69, 9.17) is 0 Å². The maximum absolute atomic E-state index is 3.40. The minimum atomic E-state index is 0.984. The normalized spacial score (nSPS) is 10.2. The summed E-state index contributed by atoms with van der Waals surface area (Å²) in [6.45, 7) is 3.14. The van der Waals surface area contributed by atoms with Crippen LogP contribution in [-0.4, -0.2) is 12.4 Å². The highest BCUT2D eigenvalue weighted by atomic mass is 79.9. The zero-order chi connectivity index (χ0) is 8.81. The molecule has 0 saturated heterocycles. The van der Waals surface area contributed by atoms with E-state index in [-0.39, 0.29) is 0 Å². The Hall–Kier alpha value is 0.01000. The van der Waals surface area contributed by atoms with Crippen molar-refractivity contribution < 1.29 is 0 Å². The van der Waals surface area contributed by atoms with Crippen molar-refractivity contribution in [1.29, 1.82) is 0 Å². The molecule has 1 rings (SSSR count). The maximum atomic E-state index is 3.40. The van der Waals surface area contributed by atoms with Gasteiger partial charge in [-0.3, -0.25) is 0 Å². The molecule has 1 aromatic carbocycles. The highest BCUT2D eigenvalue weighted by molar-refractivity contribution is 9.10. The third-order valence-electron chi connectivity index (χ3n) is 1.40. The fourth-order valence-electron chi connectivity index (χ4n) is 0.767. The summed E-state index contributed by atoms with van der Waals surface area (Å²) < 4.78 is 1.13. The lowest BCUT2D eigenvalue weighted by Gasteiger charge is -2.01. The first-order valence-electron chi connectivity index (χ1n) is 3.92. The Balaban J connectivity index is 2.37. The second-order valence-corrected chi connectivity index (χ2v) is 4.31. The molecule has 0 fully saturated rings. The van der Waals surface area contributed by atoms with Gasteiger partial charge in [-0.25, -0.2) is 0 Å². The quantitative estimate of drug-likeness (QED) is 0.497. The molecule has 0 aromatic heterocycles. The van der Waals surface area contributed by atoms with Gasteiger partial charge in [0.15, 0.2) is 0 Å². The van der Waals surface area contributed by atoms with Crippen LogP contribution in [0.1, 0.15) is 6.92 Å². The van der Waals surface area contributed by atoms with E-state index in [0.717, 1.165) is 16.9 Å². The van der Waals surface area contributed by atoms with E-state index < -0.39 is 0 Å². The smallest absolute Gasteiger partial charge is 0.0465 e. The largest absolute Gasteiger partial charge is 0.308 e. The molecule has 0 saturated carbocycles. The number of nitrogens with one attached hydrogen (secondary N) is 1. The second kappa shape index (κ2) is 5.62. The standard InChI is InChI=1S/C9H12BrNS/c1-2-11-7-12-9-5-3-8(10)4-6-9/h3-6,11H,2,7H2,1H3. The fraction of sp³-hybridized carbons (Fsp3) is 0.333. The molecule has 0 radical (unpaired) electrons. The maximum Gasteiger partial charge on any atom is 0.0465 e. The third kappa shape index (κ3) is 3.61. The first-order valence-corrected chi connectivity index (χ1v) is 5.70. The molecule has 66 valence electrons. The first-order chi connectivity index (χ1) is 5.83. The van der Waals surface area contributed by atoms with Gasteiger partial charge in [0.25, 0.3) is 0 Å². The number of halogens is 1. The predicted molar refractivity (Wildman–Crippen MR) is 58.5 cm³/mol. The van der Waals surface area contributed by atoms with Crippen molar-refractivity contribution in [1.82, 2.24) is 5.32 Å². The lowest BCUT2D eigenvalue weighted by molar-refractivity contribution is 0.839. The Bertz CT molecular complexity index is 222. The highest BCUT2D eigenvalue weighted by Crippen LogP contribution is 2.19. The second-order valence-electron chi connectivity index (χ2n) is 2.35. The Morgan fingerprint density at radius 1 is 1.33 bits per heavy atom. The van der Waals surface area contributed by atoms with Crippen LogP contribution in [0.5, 0.6) is 0 Å². The van der Waals surface area contributed by atoms with Gasteiger partial charge < -0.3 is 5.32 Å². The average molecular weight is 246 g/mol. The molecular weight excluding hydrogens is 234 g/mol.